The minimum absolute atomic E-state index is 0.00433. The van der Waals surface area contributed by atoms with Crippen LogP contribution < -0.4 is 9.84 Å². The molecule has 7 heteroatoms. The lowest BCUT2D eigenvalue weighted by Gasteiger charge is -2.36. The van der Waals surface area contributed by atoms with Gasteiger partial charge in [-0.3, -0.25) is 0 Å². The summed E-state index contributed by atoms with van der Waals surface area (Å²) in [6.07, 6.45) is 0.0920. The van der Waals surface area contributed by atoms with E-state index in [-0.39, 0.29) is 17.9 Å². The number of nitrogens with zero attached hydrogens (tertiary/aromatic N) is 1. The predicted octanol–water partition coefficient (Wildman–Crippen LogP) is 0.951. The van der Waals surface area contributed by atoms with Gasteiger partial charge in [0.2, 0.25) is 10.0 Å². The lowest BCUT2D eigenvalue weighted by atomic mass is 9.96. The third-order valence-electron chi connectivity index (χ3n) is 4.22. The Balaban J connectivity index is 1.98. The summed E-state index contributed by atoms with van der Waals surface area (Å²) in [4.78, 5) is 11.6. The molecular formula is C18H18NO5S-. The van der Waals surface area contributed by atoms with Crippen LogP contribution in [-0.4, -0.2) is 31.3 Å². The van der Waals surface area contributed by atoms with Crippen molar-refractivity contribution in [3.8, 4) is 5.75 Å². The first kappa shape index (κ1) is 17.4. The molecule has 2 aromatic rings. The van der Waals surface area contributed by atoms with Crippen molar-refractivity contribution in [2.24, 2.45) is 0 Å². The highest BCUT2D eigenvalue weighted by Gasteiger charge is 2.36. The number of carboxylic acid groups (broad SMARTS) is 1. The molecule has 6 nitrogen and oxygen atoms in total. The van der Waals surface area contributed by atoms with Crippen molar-refractivity contribution >= 4 is 16.0 Å². The van der Waals surface area contributed by atoms with E-state index in [1.165, 1.54) is 12.1 Å². The predicted molar refractivity (Wildman–Crippen MR) is 89.3 cm³/mol. The summed E-state index contributed by atoms with van der Waals surface area (Å²) in [6.45, 7) is 2.31. The van der Waals surface area contributed by atoms with Gasteiger partial charge < -0.3 is 14.6 Å². The second-order valence-electron chi connectivity index (χ2n) is 5.76. The molecule has 1 atom stereocenters. The normalized spacial score (nSPS) is 17.7. The third kappa shape index (κ3) is 3.38. The fraction of sp³-hybridized carbons (Fsp3) is 0.278. The summed E-state index contributed by atoms with van der Waals surface area (Å²) in [5.41, 5.74) is 1.63. The van der Waals surface area contributed by atoms with E-state index in [2.05, 4.69) is 0 Å². The van der Waals surface area contributed by atoms with Crippen LogP contribution in [0.15, 0.2) is 53.4 Å². The van der Waals surface area contributed by atoms with Gasteiger partial charge in [-0.15, -0.1) is 0 Å². The largest absolute Gasteiger partial charge is 0.548 e. The highest BCUT2D eigenvalue weighted by molar-refractivity contribution is 7.89. The number of hydrogen-bond donors (Lipinski definition) is 0. The molecular weight excluding hydrogens is 342 g/mol. The van der Waals surface area contributed by atoms with E-state index in [1.807, 2.05) is 25.1 Å². The first-order valence-corrected chi connectivity index (χ1v) is 9.40. The maximum Gasteiger partial charge on any atom is 0.243 e. The minimum atomic E-state index is -3.97. The Hall–Kier alpha value is -2.38. The third-order valence-corrected chi connectivity index (χ3v) is 6.09. The number of carbonyl (C=O) groups is 1. The Morgan fingerprint density at radius 3 is 2.40 bits per heavy atom. The van der Waals surface area contributed by atoms with Gasteiger partial charge in [0.25, 0.3) is 0 Å². The summed E-state index contributed by atoms with van der Waals surface area (Å²) in [5.74, 6) is -0.842. The van der Waals surface area contributed by atoms with Gasteiger partial charge in [-0.05, 0) is 48.7 Å². The Morgan fingerprint density at radius 1 is 1.16 bits per heavy atom. The quantitative estimate of drug-likeness (QED) is 0.792. The van der Waals surface area contributed by atoms with E-state index in [0.717, 1.165) is 15.4 Å². The highest BCUT2D eigenvalue weighted by Crippen LogP contribution is 2.29. The van der Waals surface area contributed by atoms with Crippen LogP contribution in [0.1, 0.15) is 18.1 Å². The van der Waals surface area contributed by atoms with E-state index in [4.69, 9.17) is 4.74 Å². The lowest BCUT2D eigenvalue weighted by Crippen LogP contribution is -2.53. The molecule has 25 heavy (non-hydrogen) atoms. The molecule has 1 heterocycles. The topological polar surface area (TPSA) is 86.7 Å². The summed E-state index contributed by atoms with van der Waals surface area (Å²) in [7, 11) is -3.97. The van der Waals surface area contributed by atoms with E-state index in [0.29, 0.717) is 12.4 Å². The maximum atomic E-state index is 13.0. The van der Waals surface area contributed by atoms with Crippen molar-refractivity contribution in [3.63, 3.8) is 0 Å². The van der Waals surface area contributed by atoms with E-state index in [9.17, 15) is 18.3 Å². The van der Waals surface area contributed by atoms with Crippen LogP contribution in [0.25, 0.3) is 0 Å². The number of fused-ring (bicyclic) bond motifs is 1. The second-order valence-corrected chi connectivity index (χ2v) is 7.65. The van der Waals surface area contributed by atoms with Crippen molar-refractivity contribution < 1.29 is 23.1 Å². The minimum Gasteiger partial charge on any atom is -0.548 e. The molecule has 0 saturated heterocycles. The SMILES string of the molecule is CCOc1ccc(S(=O)(=O)N2Cc3ccccc3C[C@H]2C(=O)[O-])cc1. The number of carboxylic acids is 1. The fourth-order valence-electron chi connectivity index (χ4n) is 2.96. The van der Waals surface area contributed by atoms with Crippen LogP contribution in [-0.2, 0) is 27.8 Å². The lowest BCUT2D eigenvalue weighted by molar-refractivity contribution is -0.310. The Bertz CT molecular complexity index is 877. The molecule has 0 bridgehead atoms. The zero-order valence-corrected chi connectivity index (χ0v) is 14.5. The number of hydrogen-bond acceptors (Lipinski definition) is 5. The number of carbonyl (C=O) groups excluding carboxylic acids is 1. The molecule has 132 valence electrons. The zero-order chi connectivity index (χ0) is 18.0. The van der Waals surface area contributed by atoms with Gasteiger partial charge in [-0.2, -0.15) is 4.31 Å². The monoisotopic (exact) mass is 360 g/mol. The molecule has 0 unspecified atom stereocenters. The highest BCUT2D eigenvalue weighted by atomic mass is 32.2. The molecule has 2 aromatic carbocycles. The van der Waals surface area contributed by atoms with Crippen molar-refractivity contribution in [1.82, 2.24) is 4.31 Å². The smallest absolute Gasteiger partial charge is 0.243 e. The Kier molecular flexibility index (Phi) is 4.78. The summed E-state index contributed by atoms with van der Waals surface area (Å²) in [6, 6.07) is 12.0. The van der Waals surface area contributed by atoms with Crippen LogP contribution in [0, 0.1) is 0 Å². The average Bonchev–Trinajstić information content (AvgIpc) is 2.61. The van der Waals surface area contributed by atoms with E-state index < -0.39 is 22.0 Å². The summed E-state index contributed by atoms with van der Waals surface area (Å²) < 4.78 is 32.3. The molecule has 0 radical (unpaired) electrons. The Morgan fingerprint density at radius 2 is 1.80 bits per heavy atom. The summed E-state index contributed by atoms with van der Waals surface area (Å²) in [5, 5.41) is 11.6. The number of sulfonamides is 1. The number of rotatable bonds is 5. The van der Waals surface area contributed by atoms with Crippen LogP contribution in [0.5, 0.6) is 5.75 Å². The van der Waals surface area contributed by atoms with E-state index >= 15 is 0 Å². The van der Waals surface area contributed by atoms with Gasteiger partial charge in [-0.25, -0.2) is 8.42 Å². The van der Waals surface area contributed by atoms with Gasteiger partial charge >= 0.3 is 0 Å². The zero-order valence-electron chi connectivity index (χ0n) is 13.7. The standard InChI is InChI=1S/C18H19NO5S/c1-2-24-15-7-9-16(10-8-15)25(22,23)19-12-14-6-4-3-5-13(14)11-17(19)18(20)21/h3-10,17H,2,11-12H2,1H3,(H,20,21)/p-1/t17-/m0/s1. The average molecular weight is 360 g/mol. The second kappa shape index (κ2) is 6.85. The first-order chi connectivity index (χ1) is 11.9. The molecule has 1 aliphatic rings. The van der Waals surface area contributed by atoms with Crippen LogP contribution in [0.2, 0.25) is 0 Å². The molecule has 0 N–H and O–H groups in total. The molecule has 0 saturated carbocycles. The van der Waals surface area contributed by atoms with Crippen LogP contribution >= 0.6 is 0 Å². The van der Waals surface area contributed by atoms with Gasteiger partial charge in [-0.1, -0.05) is 24.3 Å². The number of aliphatic carboxylic acids is 1. The van der Waals surface area contributed by atoms with Gasteiger partial charge in [0.05, 0.1) is 23.5 Å². The molecule has 0 aromatic heterocycles. The molecule has 0 spiro atoms. The Labute approximate surface area is 146 Å². The molecule has 0 fully saturated rings. The van der Waals surface area contributed by atoms with Crippen LogP contribution in [0.3, 0.4) is 0 Å². The van der Waals surface area contributed by atoms with Crippen molar-refractivity contribution in [2.75, 3.05) is 6.61 Å². The molecule has 1 aliphatic heterocycles. The molecule has 0 amide bonds. The van der Waals surface area contributed by atoms with Gasteiger partial charge in [0, 0.05) is 6.54 Å². The van der Waals surface area contributed by atoms with Crippen molar-refractivity contribution in [2.45, 2.75) is 30.8 Å². The van der Waals surface area contributed by atoms with Gasteiger partial charge in [0.1, 0.15) is 5.75 Å². The van der Waals surface area contributed by atoms with Crippen molar-refractivity contribution in [3.05, 3.63) is 59.7 Å². The first-order valence-electron chi connectivity index (χ1n) is 7.96. The molecule has 3 rings (SSSR count). The van der Waals surface area contributed by atoms with E-state index in [1.54, 1.807) is 18.2 Å². The number of benzene rings is 2. The van der Waals surface area contributed by atoms with Gasteiger partial charge in [0.15, 0.2) is 0 Å². The summed E-state index contributed by atoms with van der Waals surface area (Å²) >= 11 is 0. The van der Waals surface area contributed by atoms with Crippen molar-refractivity contribution in [1.29, 1.82) is 0 Å². The van der Waals surface area contributed by atoms with Crippen LogP contribution in [0.4, 0.5) is 0 Å². The maximum absolute atomic E-state index is 13.0. The molecule has 0 aliphatic carbocycles. The number of ether oxygens (including phenoxy) is 1. The fourth-order valence-corrected chi connectivity index (χ4v) is 4.52.